The number of halogens is 1. The van der Waals surface area contributed by atoms with Crippen LogP contribution >= 0.6 is 12.4 Å². The summed E-state index contributed by atoms with van der Waals surface area (Å²) in [7, 11) is 3.93. The fraction of sp³-hybridized carbons (Fsp3) is 0.455. The Kier molecular flexibility index (Phi) is 4.92. The van der Waals surface area contributed by atoms with E-state index >= 15 is 0 Å². The quantitative estimate of drug-likeness (QED) is 0.835. The largest absolute Gasteiger partial charge is 0.610 e. The van der Waals surface area contributed by atoms with E-state index in [0.29, 0.717) is 5.88 Å². The Hall–Kier alpha value is -0.420. The molecule has 0 aliphatic carbocycles. The van der Waals surface area contributed by atoms with E-state index in [-0.39, 0.29) is 12.4 Å². The minimum Gasteiger partial charge on any atom is -0.610 e. The average Bonchev–Trinajstić information content (AvgIpc) is 2.52. The highest BCUT2D eigenvalue weighted by Crippen LogP contribution is 2.33. The second kappa shape index (κ2) is 5.77. The normalized spacial score (nSPS) is 18.2. The summed E-state index contributed by atoms with van der Waals surface area (Å²) in [6.45, 7) is 0.960. The maximum atomic E-state index is 11.8. The molecule has 1 N–H and O–H groups in total. The zero-order valence-corrected chi connectivity index (χ0v) is 11.2. The molecule has 1 aromatic carbocycles. The minimum atomic E-state index is -0.838. The molecule has 1 aliphatic heterocycles. The lowest BCUT2D eigenvalue weighted by Crippen LogP contribution is -2.16. The van der Waals surface area contributed by atoms with Crippen LogP contribution in [-0.4, -0.2) is 31.1 Å². The van der Waals surface area contributed by atoms with E-state index in [1.165, 1.54) is 5.56 Å². The second-order valence-electron chi connectivity index (χ2n) is 3.83. The number of benzene rings is 1. The van der Waals surface area contributed by atoms with Crippen LogP contribution in [0.15, 0.2) is 23.1 Å². The van der Waals surface area contributed by atoms with Crippen molar-refractivity contribution < 1.29 is 4.55 Å². The van der Waals surface area contributed by atoms with Crippen molar-refractivity contribution in [2.75, 3.05) is 31.4 Å². The lowest BCUT2D eigenvalue weighted by Gasteiger charge is -2.07. The lowest BCUT2D eigenvalue weighted by molar-refractivity contribution is 0.598. The topological polar surface area (TPSA) is 38.3 Å². The first-order chi connectivity index (χ1) is 7.22. The van der Waals surface area contributed by atoms with E-state index in [1.54, 1.807) is 0 Å². The maximum Gasteiger partial charge on any atom is 0.183 e. The predicted molar refractivity (Wildman–Crippen MR) is 71.0 cm³/mol. The molecule has 1 unspecified atom stereocenters. The Morgan fingerprint density at radius 1 is 1.50 bits per heavy atom. The van der Waals surface area contributed by atoms with Crippen molar-refractivity contribution in [1.82, 2.24) is 5.32 Å². The molecule has 1 atom stereocenters. The van der Waals surface area contributed by atoms with Gasteiger partial charge in [0.15, 0.2) is 10.8 Å². The van der Waals surface area contributed by atoms with Crippen LogP contribution in [0.25, 0.3) is 0 Å². The van der Waals surface area contributed by atoms with Crippen molar-refractivity contribution in [3.8, 4) is 0 Å². The molecular formula is C11H17ClN2OS. The third-order valence-electron chi connectivity index (χ3n) is 2.66. The molecule has 0 aromatic heterocycles. The summed E-state index contributed by atoms with van der Waals surface area (Å²) in [4.78, 5) is 3.04. The summed E-state index contributed by atoms with van der Waals surface area (Å²) >= 11 is -0.838. The summed E-state index contributed by atoms with van der Waals surface area (Å²) in [5, 5.41) is 3.12. The van der Waals surface area contributed by atoms with Crippen molar-refractivity contribution in [2.24, 2.45) is 0 Å². The van der Waals surface area contributed by atoms with Crippen molar-refractivity contribution in [2.45, 2.75) is 11.3 Å². The first kappa shape index (κ1) is 13.6. The van der Waals surface area contributed by atoms with Crippen molar-refractivity contribution in [3.05, 3.63) is 23.8 Å². The second-order valence-corrected chi connectivity index (χ2v) is 5.22. The highest BCUT2D eigenvalue weighted by atomic mass is 35.5. The van der Waals surface area contributed by atoms with Crippen LogP contribution in [-0.2, 0) is 17.6 Å². The van der Waals surface area contributed by atoms with E-state index in [2.05, 4.69) is 23.5 Å². The first-order valence-corrected chi connectivity index (χ1v) is 6.41. The Labute approximate surface area is 106 Å². The molecule has 0 radical (unpaired) electrons. The van der Waals surface area contributed by atoms with E-state index in [9.17, 15) is 4.55 Å². The summed E-state index contributed by atoms with van der Waals surface area (Å²) < 4.78 is 11.8. The molecule has 5 heteroatoms. The highest BCUT2D eigenvalue weighted by Gasteiger charge is 2.28. The molecular weight excluding hydrogens is 244 g/mol. The molecule has 1 heterocycles. The standard InChI is InChI=1S/C11H16N2OS.ClH/c1-12-6-5-9-3-4-10-11(7-9)15(14)8-13(10)2;/h3-4,7,12H,5-6,8H2,1-2H3;1H. The van der Waals surface area contributed by atoms with Gasteiger partial charge in [0.25, 0.3) is 0 Å². The van der Waals surface area contributed by atoms with Crippen LogP contribution < -0.4 is 10.2 Å². The van der Waals surface area contributed by atoms with Gasteiger partial charge in [-0.05, 0) is 37.7 Å². The fourth-order valence-corrected chi connectivity index (χ4v) is 3.17. The molecule has 90 valence electrons. The predicted octanol–water partition coefficient (Wildman–Crippen LogP) is 1.39. The van der Waals surface area contributed by atoms with E-state index in [1.807, 2.05) is 19.0 Å². The van der Waals surface area contributed by atoms with Gasteiger partial charge in [-0.3, -0.25) is 0 Å². The third-order valence-corrected chi connectivity index (χ3v) is 4.09. The number of nitrogens with one attached hydrogen (secondary N) is 1. The number of hydrogen-bond acceptors (Lipinski definition) is 3. The van der Waals surface area contributed by atoms with Crippen LogP contribution in [0.4, 0.5) is 5.69 Å². The van der Waals surface area contributed by atoms with E-state index in [0.717, 1.165) is 23.5 Å². The number of rotatable bonds is 3. The number of hydrogen-bond donors (Lipinski definition) is 1. The molecule has 0 spiro atoms. The zero-order chi connectivity index (χ0) is 10.8. The summed E-state index contributed by atoms with van der Waals surface area (Å²) in [6, 6.07) is 6.27. The van der Waals surface area contributed by atoms with Gasteiger partial charge >= 0.3 is 0 Å². The van der Waals surface area contributed by atoms with Gasteiger partial charge in [0.2, 0.25) is 0 Å². The maximum absolute atomic E-state index is 11.8. The first-order valence-electron chi connectivity index (χ1n) is 5.09. The average molecular weight is 261 g/mol. The van der Waals surface area contributed by atoms with Crippen molar-refractivity contribution in [1.29, 1.82) is 0 Å². The van der Waals surface area contributed by atoms with Gasteiger partial charge in [0, 0.05) is 18.2 Å². The molecule has 1 aromatic rings. The Morgan fingerprint density at radius 2 is 2.25 bits per heavy atom. The fourth-order valence-electron chi connectivity index (χ4n) is 1.80. The highest BCUT2D eigenvalue weighted by molar-refractivity contribution is 7.92. The molecule has 3 nitrogen and oxygen atoms in total. The molecule has 0 saturated carbocycles. The summed E-state index contributed by atoms with van der Waals surface area (Å²) in [5.74, 6) is 0.630. The zero-order valence-electron chi connectivity index (χ0n) is 9.53. The van der Waals surface area contributed by atoms with Gasteiger partial charge < -0.3 is 14.8 Å². The molecule has 2 rings (SSSR count). The molecule has 1 aliphatic rings. The van der Waals surface area contributed by atoms with Gasteiger partial charge in [-0.15, -0.1) is 12.4 Å². The molecule has 0 saturated heterocycles. The third kappa shape index (κ3) is 2.63. The van der Waals surface area contributed by atoms with Crippen molar-refractivity contribution in [3.63, 3.8) is 0 Å². The van der Waals surface area contributed by atoms with Gasteiger partial charge in [0.05, 0.1) is 5.69 Å². The molecule has 0 fully saturated rings. The van der Waals surface area contributed by atoms with Gasteiger partial charge in [-0.2, -0.15) is 0 Å². The van der Waals surface area contributed by atoms with Gasteiger partial charge in [-0.1, -0.05) is 6.07 Å². The Balaban J connectivity index is 0.00000128. The number of anilines is 1. The number of fused-ring (bicyclic) bond motifs is 1. The number of nitrogens with zero attached hydrogens (tertiary/aromatic N) is 1. The summed E-state index contributed by atoms with van der Waals surface area (Å²) in [5.41, 5.74) is 2.37. The number of likely N-dealkylation sites (N-methyl/N-ethyl adjacent to an activating group) is 1. The van der Waals surface area contributed by atoms with Crippen LogP contribution in [0, 0.1) is 0 Å². The van der Waals surface area contributed by atoms with Crippen LogP contribution in [0.5, 0.6) is 0 Å². The molecule has 16 heavy (non-hydrogen) atoms. The van der Waals surface area contributed by atoms with Crippen LogP contribution in [0.2, 0.25) is 0 Å². The lowest BCUT2D eigenvalue weighted by atomic mass is 10.1. The van der Waals surface area contributed by atoms with Crippen LogP contribution in [0.3, 0.4) is 0 Å². The monoisotopic (exact) mass is 260 g/mol. The molecule has 0 amide bonds. The SMILES string of the molecule is CNCCc1ccc2c(c1)[S+]([O-])CN2C.Cl. The van der Waals surface area contributed by atoms with Crippen LogP contribution in [0.1, 0.15) is 5.56 Å². The minimum absolute atomic E-state index is 0. The van der Waals surface area contributed by atoms with E-state index < -0.39 is 11.2 Å². The van der Waals surface area contributed by atoms with Gasteiger partial charge in [-0.25, -0.2) is 0 Å². The van der Waals surface area contributed by atoms with E-state index in [4.69, 9.17) is 0 Å². The summed E-state index contributed by atoms with van der Waals surface area (Å²) in [6.07, 6.45) is 0.991. The Morgan fingerprint density at radius 3 is 2.94 bits per heavy atom. The molecule has 0 bridgehead atoms. The Bertz CT molecular complexity index is 362. The van der Waals surface area contributed by atoms with Crippen molar-refractivity contribution >= 4 is 29.3 Å². The smallest absolute Gasteiger partial charge is 0.183 e. The van der Waals surface area contributed by atoms with Gasteiger partial charge in [0.1, 0.15) is 0 Å².